The predicted molar refractivity (Wildman–Crippen MR) is 53.0 cm³/mol. The monoisotopic (exact) mass is 233 g/mol. The maximum absolute atomic E-state index is 12.1. The van der Waals surface area contributed by atoms with Gasteiger partial charge in [-0.15, -0.1) is 0 Å². The molecule has 1 aliphatic heterocycles. The van der Waals surface area contributed by atoms with Crippen LogP contribution in [0.2, 0.25) is 0 Å². The fourth-order valence-electron chi connectivity index (χ4n) is 1.72. The minimum absolute atomic E-state index is 0.235. The van der Waals surface area contributed by atoms with Gasteiger partial charge in [0, 0.05) is 12.7 Å². The van der Waals surface area contributed by atoms with Crippen molar-refractivity contribution in [1.29, 1.82) is 0 Å². The van der Waals surface area contributed by atoms with E-state index in [1.54, 1.807) is 4.68 Å². The number of hydrogen-bond donors (Lipinski definition) is 1. The molecule has 0 atom stereocenters. The Kier molecular flexibility index (Phi) is 3.18. The molecule has 0 spiro atoms. The molecule has 1 saturated heterocycles. The van der Waals surface area contributed by atoms with Crippen molar-refractivity contribution < 1.29 is 13.2 Å². The summed E-state index contributed by atoms with van der Waals surface area (Å²) in [7, 11) is 0. The number of alkyl halides is 3. The van der Waals surface area contributed by atoms with Crippen molar-refractivity contribution in [1.82, 2.24) is 15.1 Å². The number of rotatable bonds is 4. The van der Waals surface area contributed by atoms with Gasteiger partial charge in [0.05, 0.1) is 12.6 Å². The number of aromatic nitrogens is 2. The van der Waals surface area contributed by atoms with E-state index in [1.165, 1.54) is 12.4 Å². The van der Waals surface area contributed by atoms with E-state index in [1.807, 2.05) is 0 Å². The third-order valence-electron chi connectivity index (χ3n) is 2.72. The van der Waals surface area contributed by atoms with Crippen LogP contribution < -0.4 is 5.32 Å². The Morgan fingerprint density at radius 3 is 2.75 bits per heavy atom. The van der Waals surface area contributed by atoms with Crippen LogP contribution in [0.25, 0.3) is 0 Å². The molecule has 1 aromatic heterocycles. The maximum Gasteiger partial charge on any atom is 0.393 e. The van der Waals surface area contributed by atoms with Crippen LogP contribution in [0.3, 0.4) is 0 Å². The number of halogens is 3. The molecule has 0 unspecified atom stereocenters. The first-order valence-corrected chi connectivity index (χ1v) is 5.32. The van der Waals surface area contributed by atoms with E-state index in [4.69, 9.17) is 0 Å². The van der Waals surface area contributed by atoms with E-state index in [2.05, 4.69) is 10.4 Å². The van der Waals surface area contributed by atoms with E-state index in [0.29, 0.717) is 12.5 Å². The normalized spacial score (nSPS) is 17.4. The van der Waals surface area contributed by atoms with Crippen LogP contribution in [0, 0.1) is 5.92 Å². The molecule has 0 radical (unpaired) electrons. The highest BCUT2D eigenvalue weighted by atomic mass is 19.4. The van der Waals surface area contributed by atoms with Gasteiger partial charge in [-0.05, 0) is 31.0 Å². The Morgan fingerprint density at radius 1 is 1.44 bits per heavy atom. The molecule has 1 aliphatic rings. The van der Waals surface area contributed by atoms with Crippen LogP contribution in [-0.4, -0.2) is 29.0 Å². The van der Waals surface area contributed by atoms with Crippen LogP contribution in [0.1, 0.15) is 12.0 Å². The largest absolute Gasteiger partial charge is 0.393 e. The number of aryl methyl sites for hydroxylation is 1. The standard InChI is InChI=1S/C10H14F3N3/c11-10(12,13)3-9-6-15-16(7-9)2-1-8-4-14-5-8/h6-8,14H,1-5H2. The Morgan fingerprint density at radius 2 is 2.19 bits per heavy atom. The van der Waals surface area contributed by atoms with Crippen molar-refractivity contribution in [2.45, 2.75) is 25.6 Å². The highest BCUT2D eigenvalue weighted by Gasteiger charge is 2.28. The molecule has 2 rings (SSSR count). The summed E-state index contributed by atoms with van der Waals surface area (Å²) in [6.07, 6.45) is -1.28. The predicted octanol–water partition coefficient (Wildman–Crippen LogP) is 1.60. The average Bonchev–Trinajstić information content (AvgIpc) is 2.46. The maximum atomic E-state index is 12.1. The second-order valence-electron chi connectivity index (χ2n) is 4.22. The highest BCUT2D eigenvalue weighted by molar-refractivity contribution is 5.05. The Hall–Kier alpha value is -1.04. The molecule has 6 heteroatoms. The molecule has 0 saturated carbocycles. The smallest absolute Gasteiger partial charge is 0.316 e. The minimum atomic E-state index is -4.15. The second kappa shape index (κ2) is 4.45. The van der Waals surface area contributed by atoms with Crippen LogP contribution in [-0.2, 0) is 13.0 Å². The lowest BCUT2D eigenvalue weighted by molar-refractivity contribution is -0.127. The molecule has 0 bridgehead atoms. The molecule has 1 aromatic rings. The third kappa shape index (κ3) is 3.23. The molecule has 0 aliphatic carbocycles. The van der Waals surface area contributed by atoms with Gasteiger partial charge in [-0.1, -0.05) is 0 Å². The lowest BCUT2D eigenvalue weighted by Gasteiger charge is -2.26. The van der Waals surface area contributed by atoms with E-state index in [-0.39, 0.29) is 5.56 Å². The van der Waals surface area contributed by atoms with Crippen LogP contribution in [0.5, 0.6) is 0 Å². The Balaban J connectivity index is 1.81. The molecule has 0 amide bonds. The first kappa shape index (κ1) is 11.4. The molecular weight excluding hydrogens is 219 g/mol. The van der Waals surface area contributed by atoms with Gasteiger partial charge in [0.25, 0.3) is 0 Å². The summed E-state index contributed by atoms with van der Waals surface area (Å²) in [5, 5.41) is 7.08. The van der Waals surface area contributed by atoms with E-state index >= 15 is 0 Å². The Labute approximate surface area is 91.6 Å². The Bertz CT molecular complexity index is 341. The van der Waals surface area contributed by atoms with Crippen molar-refractivity contribution in [3.63, 3.8) is 0 Å². The van der Waals surface area contributed by atoms with Gasteiger partial charge in [-0.25, -0.2) is 0 Å². The number of hydrogen-bond acceptors (Lipinski definition) is 2. The highest BCUT2D eigenvalue weighted by Crippen LogP contribution is 2.20. The van der Waals surface area contributed by atoms with Gasteiger partial charge in [-0.3, -0.25) is 4.68 Å². The molecule has 2 heterocycles. The summed E-state index contributed by atoms with van der Waals surface area (Å²) < 4.78 is 37.8. The zero-order chi connectivity index (χ0) is 11.6. The molecular formula is C10H14F3N3. The number of nitrogens with zero attached hydrogens (tertiary/aromatic N) is 2. The molecule has 3 nitrogen and oxygen atoms in total. The average molecular weight is 233 g/mol. The lowest BCUT2D eigenvalue weighted by Crippen LogP contribution is -2.42. The quantitative estimate of drug-likeness (QED) is 0.856. The van der Waals surface area contributed by atoms with Gasteiger partial charge >= 0.3 is 6.18 Å². The molecule has 1 fully saturated rings. The van der Waals surface area contributed by atoms with Crippen molar-refractivity contribution in [3.05, 3.63) is 18.0 Å². The van der Waals surface area contributed by atoms with Crippen molar-refractivity contribution in [2.24, 2.45) is 5.92 Å². The van der Waals surface area contributed by atoms with Crippen molar-refractivity contribution in [2.75, 3.05) is 13.1 Å². The van der Waals surface area contributed by atoms with Gasteiger partial charge < -0.3 is 5.32 Å². The summed E-state index contributed by atoms with van der Waals surface area (Å²) in [4.78, 5) is 0. The fourth-order valence-corrected chi connectivity index (χ4v) is 1.72. The number of nitrogens with one attached hydrogen (secondary N) is 1. The van der Waals surface area contributed by atoms with Gasteiger partial charge in [0.1, 0.15) is 0 Å². The molecule has 0 aromatic carbocycles. The minimum Gasteiger partial charge on any atom is -0.316 e. The summed E-state index contributed by atoms with van der Waals surface area (Å²) >= 11 is 0. The summed E-state index contributed by atoms with van der Waals surface area (Å²) in [5.41, 5.74) is 0.235. The van der Waals surface area contributed by atoms with Crippen LogP contribution in [0.4, 0.5) is 13.2 Å². The summed E-state index contributed by atoms with van der Waals surface area (Å²) in [6, 6.07) is 0. The van der Waals surface area contributed by atoms with Crippen LogP contribution >= 0.6 is 0 Å². The topological polar surface area (TPSA) is 29.9 Å². The summed E-state index contributed by atoms with van der Waals surface area (Å²) in [6.45, 7) is 2.72. The van der Waals surface area contributed by atoms with Crippen molar-refractivity contribution >= 4 is 0 Å². The first-order chi connectivity index (χ1) is 7.53. The first-order valence-electron chi connectivity index (χ1n) is 5.32. The second-order valence-corrected chi connectivity index (χ2v) is 4.22. The summed E-state index contributed by atoms with van der Waals surface area (Å²) in [5.74, 6) is 0.648. The van der Waals surface area contributed by atoms with Gasteiger partial charge in [0.2, 0.25) is 0 Å². The molecule has 90 valence electrons. The fraction of sp³-hybridized carbons (Fsp3) is 0.700. The van der Waals surface area contributed by atoms with E-state index in [0.717, 1.165) is 19.5 Å². The zero-order valence-corrected chi connectivity index (χ0v) is 8.80. The molecule has 16 heavy (non-hydrogen) atoms. The van der Waals surface area contributed by atoms with Gasteiger partial charge in [-0.2, -0.15) is 18.3 Å². The van der Waals surface area contributed by atoms with E-state index in [9.17, 15) is 13.2 Å². The van der Waals surface area contributed by atoms with Gasteiger partial charge in [0.15, 0.2) is 0 Å². The third-order valence-corrected chi connectivity index (χ3v) is 2.72. The van der Waals surface area contributed by atoms with E-state index < -0.39 is 12.6 Å². The van der Waals surface area contributed by atoms with Crippen molar-refractivity contribution in [3.8, 4) is 0 Å². The lowest BCUT2D eigenvalue weighted by atomic mass is 10.00. The van der Waals surface area contributed by atoms with Crippen LogP contribution in [0.15, 0.2) is 12.4 Å². The SMILES string of the molecule is FC(F)(F)Cc1cnn(CCC2CNC2)c1. The zero-order valence-electron chi connectivity index (χ0n) is 8.80. The molecule has 1 N–H and O–H groups in total.